The molecule has 36 nitrogen and oxygen atoms in total. The number of fused-ring (bicyclic) bond motifs is 5. The molecule has 854 valence electrons. The van der Waals surface area contributed by atoms with Gasteiger partial charge in [0.2, 0.25) is 5.91 Å². The van der Waals surface area contributed by atoms with E-state index in [0.717, 1.165) is 134 Å². The number of likely N-dealkylation sites (tertiary alicyclic amines) is 1. The summed E-state index contributed by atoms with van der Waals surface area (Å²) in [6.45, 7) is 25.4. The first-order valence-electron chi connectivity index (χ1n) is 46.8. The largest absolute Gasteiger partial charge is 1.00 e. The van der Waals surface area contributed by atoms with Gasteiger partial charge in [-0.15, -0.1) is 0 Å². The first-order chi connectivity index (χ1) is 67.4. The van der Waals surface area contributed by atoms with Crippen LogP contribution in [0.1, 0.15) is 146 Å². The molecule has 2 bridgehead atoms. The van der Waals surface area contributed by atoms with Crippen LogP contribution in [0.25, 0.3) is 8.25 Å². The summed E-state index contributed by atoms with van der Waals surface area (Å²) >= 11 is 0. The van der Waals surface area contributed by atoms with Gasteiger partial charge in [0.1, 0.15) is 56.5 Å². The predicted octanol–water partition coefficient (Wildman–Crippen LogP) is 6.35. The Morgan fingerprint density at radius 1 is 0.588 bits per heavy atom. The van der Waals surface area contributed by atoms with E-state index in [9.17, 15) is 129 Å². The van der Waals surface area contributed by atoms with E-state index in [1.54, 1.807) is 0 Å². The molecule has 148 heavy (non-hydrogen) atoms. The van der Waals surface area contributed by atoms with Gasteiger partial charge in [-0.3, -0.25) is 43.8 Å². The number of ether oxygens (including phenoxy) is 2. The van der Waals surface area contributed by atoms with Gasteiger partial charge in [-0.2, -0.15) is 71.1 Å². The highest BCUT2D eigenvalue weighted by Gasteiger charge is 2.70. The van der Waals surface area contributed by atoms with Crippen molar-refractivity contribution < 1.29 is 197 Å². The van der Waals surface area contributed by atoms with Crippen LogP contribution in [0, 0.1) is 35.0 Å². The smallest absolute Gasteiger partial charge is 0.485 e. The van der Waals surface area contributed by atoms with Gasteiger partial charge in [-0.25, -0.2) is 46.7 Å². The lowest BCUT2D eigenvalue weighted by Gasteiger charge is -2.49. The van der Waals surface area contributed by atoms with E-state index in [-0.39, 0.29) is 74.1 Å². The highest BCUT2D eigenvalue weighted by Crippen LogP contribution is 2.62. The maximum absolute atomic E-state index is 12.7. The molecular weight excluding hydrogens is 2120 g/mol. The van der Waals surface area contributed by atoms with Crippen LogP contribution in [0.2, 0.25) is 0 Å². The molecule has 1 amide bonds. The van der Waals surface area contributed by atoms with Crippen LogP contribution in [0.4, 0.5) is 65.9 Å². The number of alkyl halides is 15. The number of aliphatic hydroxyl groups excluding tert-OH is 6. The lowest BCUT2D eigenvalue weighted by atomic mass is 9.91. The lowest BCUT2D eigenvalue weighted by Crippen LogP contribution is -3.00. The molecule has 6 saturated heterocycles. The van der Waals surface area contributed by atoms with Gasteiger partial charge in [-0.05, 0) is 76.4 Å². The van der Waals surface area contributed by atoms with Gasteiger partial charge in [0, 0.05) is 107 Å². The number of rotatable bonds is 31. The van der Waals surface area contributed by atoms with E-state index >= 15 is 0 Å². The summed E-state index contributed by atoms with van der Waals surface area (Å²) in [5.74, 6) is 1.98. The normalized spacial score (nSPS) is 21.9. The number of pyridine rings is 1. The number of hydrogen-bond acceptors (Lipinski definition) is 29. The maximum atomic E-state index is 12.7. The maximum Gasteiger partial charge on any atom is 0.485 e. The molecule has 3 aromatic carbocycles. The minimum absolute atomic E-state index is 0. The van der Waals surface area contributed by atoms with Crippen LogP contribution in [0.5, 0.6) is 0 Å². The third-order valence-corrected chi connectivity index (χ3v) is 31.6. The number of carbonyl (C=O) groups excluding carboxylic acids is 3. The Balaban J connectivity index is 0.000000835. The number of methoxy groups -OCH3 is 1. The van der Waals surface area contributed by atoms with Gasteiger partial charge < -0.3 is 83.7 Å². The summed E-state index contributed by atoms with van der Waals surface area (Å²) < 4.78 is 293. The molecule has 14 atom stereocenters. The molecule has 0 radical (unpaired) electrons. The van der Waals surface area contributed by atoms with Crippen LogP contribution >= 0.6 is 0 Å². The second-order valence-corrected chi connectivity index (χ2v) is 46.8. The van der Waals surface area contributed by atoms with E-state index in [1.807, 2.05) is 137 Å². The summed E-state index contributed by atoms with van der Waals surface area (Å²) in [6.07, 6.45) is 12.5. The Bertz CT molecular complexity index is 5090. The summed E-state index contributed by atoms with van der Waals surface area (Å²) in [5.41, 5.74) is -26.1. The van der Waals surface area contributed by atoms with Crippen LogP contribution in [-0.2, 0) is 87.7 Å². The second-order valence-electron chi connectivity index (χ2n) is 38.6. The summed E-state index contributed by atoms with van der Waals surface area (Å²) in [5, 5.41) is 64.7. The highest BCUT2D eigenvalue weighted by atomic mass is 35.5. The number of esters is 2. The predicted molar refractivity (Wildman–Crippen MR) is 514 cm³/mol. The molecular formula is C91H146ClF15N14O22S5. The number of nitriles is 1. The molecule has 7 heterocycles. The fraction of sp³-hybridized carbons (Fsp3) is 0.703. The van der Waals surface area contributed by atoms with E-state index in [2.05, 4.69) is 143 Å². The van der Waals surface area contributed by atoms with Crippen molar-refractivity contribution in [3.63, 3.8) is 0 Å². The van der Waals surface area contributed by atoms with Crippen LogP contribution in [-0.4, -0.2) is 395 Å². The number of benzene rings is 3. The molecule has 10 unspecified atom stereocenters. The number of likely N-dealkylation sites (N-methyl/N-ethyl adjacent to an activating group) is 5. The zero-order valence-corrected chi connectivity index (χ0v) is 90.9. The number of piperidine rings is 2. The summed E-state index contributed by atoms with van der Waals surface area (Å²) in [7, 11) is -8.63. The third kappa shape index (κ3) is 45.2. The fourth-order valence-electron chi connectivity index (χ4n) is 16.9. The summed E-state index contributed by atoms with van der Waals surface area (Å²) in [4.78, 5) is 51.1. The number of quaternary nitrogens is 3. The number of hydrogen-bond donors (Lipinski definition) is 6. The number of β-amino-alcohol motifs (C(OH)–C–C–N with tert-alkyl or cyclic N) is 1. The van der Waals surface area contributed by atoms with Crippen LogP contribution < -0.4 is 17.0 Å². The highest BCUT2D eigenvalue weighted by molar-refractivity contribution is 8.13. The number of amides is 1. The van der Waals surface area contributed by atoms with E-state index in [1.165, 1.54) is 48.5 Å². The zero-order valence-electron chi connectivity index (χ0n) is 86.1. The molecule has 4 aromatic rings. The number of aliphatic hydroxyl groups is 6. The molecule has 7 aliphatic rings. The molecule has 1 aliphatic carbocycles. The Morgan fingerprint density at radius 2 is 1.02 bits per heavy atom. The number of sulfonamides is 4. The Hall–Kier alpha value is -7.02. The Kier molecular flexibility index (Phi) is 57.0. The first-order valence-corrected chi connectivity index (χ1v) is 53.9. The van der Waals surface area contributed by atoms with Crippen LogP contribution in [0.3, 0.4) is 0 Å². The number of aromatic nitrogens is 1. The van der Waals surface area contributed by atoms with Crippen molar-refractivity contribution in [2.45, 2.75) is 206 Å². The number of nitrogens with zero attached hydrogens (tertiary/aromatic N) is 14. The molecule has 7 fully saturated rings. The average Bonchev–Trinajstić information content (AvgIpc) is 1.53. The SMILES string of the molecule is CCC(C)C(C(=O)OC)N1CCN(C)C1.CCC(C)C(CO)N1CCN(C)C1.CCCC[N+]1(C)C2CC(OC(=O)C(CO)c3ccccc3)CC1C1CC12.CN1C(=O)CC[C@H]1c1ccc[n+](C)c1.CN1CCN(C[C@H](O)CO)C1.C[C@@H]([C@H](O)c1ccccc1)[N+](C)(C)Cc1ccccc1.C[N+](C)(C)CC(O)CC#N.O=S(=O)([N-]S(=O)(=O)C(F)(F)F)C(F)(F)F.O=S(=O)([N-]S(=O)(=O)C(F)(F)F)C(F)(F)F.O=S(=O)([O-])C(F)(F)F.[Cl-]. The number of unbranched alkanes of at least 4 members (excludes halogenated alkanes) is 1. The quantitative estimate of drug-likeness (QED) is 0.00797. The van der Waals surface area contributed by atoms with Gasteiger partial charge in [0.15, 0.2) is 62.6 Å². The first kappa shape index (κ1) is 139. The minimum atomic E-state index is -6.72. The van der Waals surface area contributed by atoms with Gasteiger partial charge >= 0.3 is 39.5 Å². The molecule has 0 spiro atoms. The van der Waals surface area contributed by atoms with E-state index in [4.69, 9.17) is 43.0 Å². The van der Waals surface area contributed by atoms with Gasteiger partial charge in [0.25, 0.3) is 0 Å². The monoisotopic (exact) mass is 2270 g/mol. The fourth-order valence-corrected chi connectivity index (χ4v) is 20.4. The molecule has 1 saturated carbocycles. The van der Waals surface area contributed by atoms with Crippen molar-refractivity contribution >= 4 is 68.1 Å². The Morgan fingerprint density at radius 3 is 1.37 bits per heavy atom. The van der Waals surface area contributed by atoms with E-state index < -0.39 is 102 Å². The van der Waals surface area contributed by atoms with Crippen molar-refractivity contribution in [2.24, 2.45) is 30.7 Å². The average molecular weight is 2270 g/mol. The van der Waals surface area contributed by atoms with E-state index in [0.29, 0.717) is 60.6 Å². The van der Waals surface area contributed by atoms with Crippen molar-refractivity contribution in [2.75, 3.05) is 176 Å². The van der Waals surface area contributed by atoms with Crippen molar-refractivity contribution in [1.29, 1.82) is 5.26 Å². The lowest BCUT2D eigenvalue weighted by molar-refractivity contribution is -0.955. The van der Waals surface area contributed by atoms with Crippen molar-refractivity contribution in [3.8, 4) is 6.07 Å². The molecule has 57 heteroatoms. The molecule has 6 aliphatic heterocycles. The third-order valence-electron chi connectivity index (χ3n) is 25.5. The number of carbonyl (C=O) groups is 3. The standard InChI is InChI=1S/C22H32NO3.C18H24NO.C11H22N2O2.C11H15N2O.C10H22N2O.C7H16N2O2.C7H15N2O.2C2F6NO4S2.CHF3O3S.ClH/c1-3-4-10-23(2)20-11-16(12-21(23)18-13-17(18)20)26-22(25)19(14-24)15-8-6-5-7-9-15;1-15(18(20)17-12-8-5-9-13-17)19(2,3)14-16-10-6-4-7-11-16;1-5-9(2)10(11(14)15-4)13-7-6-12(3)8-13;1-12-7-3-4-9(8-12)10-5-6-11(14)13(10)2;1-4-9(2)10(7-13)12-6-5-11(3)8-12;1-8-2-3-9(6-8)4-7(11)5-10;1-9(2,3)6-7(10)4-5-8;2*3-1(4,5)14(10,11)9-15(12,13)2(6,7)8;2-1(3,4)8(5,6)7;/h5-9,16-21,24H,3-4,10-14H2,1-2H3;4-13,15,18,20H,14H2,1-3H3;9-10H,5-8H2,1-4H3;3-4,7-8,10H,5-6H2,1-2H3;9-10,13H,4-8H2,1-3H3;7,10-11H,2-6H2,1H3;7,10H,4,6H2,1-3H3;;;(H,5,6,7);1H/q2*+1;;+1;;;+1;2*-1;;/p-2/t;15-,18-;;10-;;7-;;;;;/m.0.0.0...../s1. The molecule has 6 N–H and O–H groups in total. The molecule has 1 aromatic heterocycles. The number of halogens is 16. The number of aryl methyl sites for hydroxylation is 1. The van der Waals surface area contributed by atoms with Gasteiger partial charge in [-0.1, -0.05) is 145 Å². The molecule has 11 rings (SSSR count). The van der Waals surface area contributed by atoms with Crippen molar-refractivity contribution in [1.82, 2.24) is 34.3 Å². The Labute approximate surface area is 865 Å². The summed E-state index contributed by atoms with van der Waals surface area (Å²) in [6, 6.07) is 37.9. The second kappa shape index (κ2) is 60.7. The zero-order chi connectivity index (χ0) is 113. The topological polar surface area (TPSA) is 463 Å². The van der Waals surface area contributed by atoms with Crippen LogP contribution in [0.15, 0.2) is 116 Å². The van der Waals surface area contributed by atoms with Gasteiger partial charge in [0.05, 0.1) is 132 Å². The van der Waals surface area contributed by atoms with Crippen molar-refractivity contribution in [3.05, 3.63) is 146 Å². The minimum Gasteiger partial charge on any atom is -1.00 e.